The third-order valence-electron chi connectivity index (χ3n) is 1.89. The van der Waals surface area contributed by atoms with Crippen LogP contribution < -0.4 is 0 Å². The van der Waals surface area contributed by atoms with Crippen molar-refractivity contribution in [3.05, 3.63) is 0 Å². The summed E-state index contributed by atoms with van der Waals surface area (Å²) in [5.74, 6) is 2.40. The molecular formula is C8H16S. The maximum absolute atomic E-state index is 2.36. The van der Waals surface area contributed by atoms with Crippen LogP contribution in [0.15, 0.2) is 0 Å². The van der Waals surface area contributed by atoms with E-state index in [2.05, 4.69) is 25.6 Å². The average molecular weight is 144 g/mol. The summed E-state index contributed by atoms with van der Waals surface area (Å²) >= 11 is 2.18. The molecule has 9 heavy (non-hydrogen) atoms. The molecule has 0 radical (unpaired) electrons. The van der Waals surface area contributed by atoms with Crippen LogP contribution >= 0.6 is 11.8 Å². The van der Waals surface area contributed by atoms with Gasteiger partial charge in [0.05, 0.1) is 0 Å². The van der Waals surface area contributed by atoms with E-state index in [1.807, 2.05) is 0 Å². The standard InChI is InChI=1S/C8H16S/c1-3-4-8-5-7(2)6-9-8/h7-8H,3-6H2,1-2H3. The lowest BCUT2D eigenvalue weighted by molar-refractivity contribution is 0.584. The fraction of sp³-hybridized carbons (Fsp3) is 1.00. The van der Waals surface area contributed by atoms with E-state index in [1.165, 1.54) is 25.0 Å². The van der Waals surface area contributed by atoms with Crippen LogP contribution in [0.1, 0.15) is 33.1 Å². The smallest absolute Gasteiger partial charge is 0.00498 e. The van der Waals surface area contributed by atoms with Crippen molar-refractivity contribution < 1.29 is 0 Å². The molecule has 2 unspecified atom stereocenters. The number of hydrogen-bond acceptors (Lipinski definition) is 1. The molecule has 0 N–H and O–H groups in total. The van der Waals surface area contributed by atoms with Gasteiger partial charge in [-0.3, -0.25) is 0 Å². The predicted octanol–water partition coefficient (Wildman–Crippen LogP) is 2.93. The second-order valence-electron chi connectivity index (χ2n) is 3.08. The van der Waals surface area contributed by atoms with Crippen LogP contribution in [-0.4, -0.2) is 11.0 Å². The molecule has 1 rings (SSSR count). The first-order valence-electron chi connectivity index (χ1n) is 3.94. The van der Waals surface area contributed by atoms with Gasteiger partial charge in [-0.15, -0.1) is 0 Å². The first-order valence-corrected chi connectivity index (χ1v) is 4.99. The van der Waals surface area contributed by atoms with Crippen molar-refractivity contribution in [2.45, 2.75) is 38.4 Å². The van der Waals surface area contributed by atoms with E-state index in [-0.39, 0.29) is 0 Å². The summed E-state index contributed by atoms with van der Waals surface area (Å²) in [5, 5.41) is 1.00. The van der Waals surface area contributed by atoms with E-state index in [0.717, 1.165) is 11.2 Å². The van der Waals surface area contributed by atoms with Gasteiger partial charge in [-0.1, -0.05) is 20.3 Å². The van der Waals surface area contributed by atoms with E-state index >= 15 is 0 Å². The number of hydrogen-bond donors (Lipinski definition) is 0. The minimum Gasteiger partial charge on any atom is -0.158 e. The summed E-state index contributed by atoms with van der Waals surface area (Å²) in [7, 11) is 0. The Hall–Kier alpha value is 0.350. The third-order valence-corrected chi connectivity index (χ3v) is 3.55. The van der Waals surface area contributed by atoms with Crippen molar-refractivity contribution in [3.8, 4) is 0 Å². The molecule has 1 saturated heterocycles. The van der Waals surface area contributed by atoms with Crippen LogP contribution in [0.3, 0.4) is 0 Å². The third kappa shape index (κ3) is 2.21. The monoisotopic (exact) mass is 144 g/mol. The van der Waals surface area contributed by atoms with Gasteiger partial charge in [-0.2, -0.15) is 11.8 Å². The first-order chi connectivity index (χ1) is 4.33. The Labute approximate surface area is 62.4 Å². The molecule has 0 aromatic heterocycles. The minimum atomic E-state index is 0.992. The van der Waals surface area contributed by atoms with Gasteiger partial charge in [-0.25, -0.2) is 0 Å². The van der Waals surface area contributed by atoms with Gasteiger partial charge < -0.3 is 0 Å². The van der Waals surface area contributed by atoms with Crippen LogP contribution in [0.25, 0.3) is 0 Å². The molecule has 1 aliphatic rings. The van der Waals surface area contributed by atoms with Gasteiger partial charge in [0.2, 0.25) is 0 Å². The van der Waals surface area contributed by atoms with Gasteiger partial charge in [0.15, 0.2) is 0 Å². The van der Waals surface area contributed by atoms with Crippen molar-refractivity contribution in [1.82, 2.24) is 0 Å². The summed E-state index contributed by atoms with van der Waals surface area (Å²) in [6.45, 7) is 4.65. The number of thioether (sulfide) groups is 1. The Balaban J connectivity index is 2.14. The summed E-state index contributed by atoms with van der Waals surface area (Å²) in [5.41, 5.74) is 0. The van der Waals surface area contributed by atoms with Crippen molar-refractivity contribution in [1.29, 1.82) is 0 Å². The highest BCUT2D eigenvalue weighted by Gasteiger charge is 2.20. The molecule has 1 aliphatic heterocycles. The highest BCUT2D eigenvalue weighted by Crippen LogP contribution is 2.33. The van der Waals surface area contributed by atoms with E-state index in [1.54, 1.807) is 0 Å². The highest BCUT2D eigenvalue weighted by atomic mass is 32.2. The van der Waals surface area contributed by atoms with Crippen LogP contribution in [0.4, 0.5) is 0 Å². The van der Waals surface area contributed by atoms with Crippen molar-refractivity contribution >= 4 is 11.8 Å². The summed E-state index contributed by atoms with van der Waals surface area (Å²) in [6, 6.07) is 0. The lowest BCUT2D eigenvalue weighted by Gasteiger charge is -2.04. The Morgan fingerprint density at radius 1 is 1.56 bits per heavy atom. The molecule has 2 atom stereocenters. The van der Waals surface area contributed by atoms with Crippen molar-refractivity contribution in [3.63, 3.8) is 0 Å². The molecule has 54 valence electrons. The fourth-order valence-electron chi connectivity index (χ4n) is 1.41. The topological polar surface area (TPSA) is 0 Å². The lowest BCUT2D eigenvalue weighted by Crippen LogP contribution is -1.97. The summed E-state index contributed by atoms with van der Waals surface area (Å²) in [6.07, 6.45) is 4.28. The second-order valence-corrected chi connectivity index (χ2v) is 4.42. The molecule has 0 aromatic rings. The Kier molecular flexibility index (Phi) is 2.90. The molecule has 1 fully saturated rings. The number of rotatable bonds is 2. The molecular weight excluding hydrogens is 128 g/mol. The van der Waals surface area contributed by atoms with Crippen molar-refractivity contribution in [2.75, 3.05) is 5.75 Å². The normalized spacial score (nSPS) is 35.3. The quantitative estimate of drug-likeness (QED) is 0.574. The second kappa shape index (κ2) is 3.50. The fourth-order valence-corrected chi connectivity index (χ4v) is 3.01. The summed E-state index contributed by atoms with van der Waals surface area (Å²) < 4.78 is 0. The Bertz CT molecular complexity index is 78.6. The van der Waals surface area contributed by atoms with Crippen LogP contribution in [0.5, 0.6) is 0 Å². The van der Waals surface area contributed by atoms with Gasteiger partial charge in [-0.05, 0) is 24.5 Å². The zero-order valence-electron chi connectivity index (χ0n) is 6.39. The molecule has 0 spiro atoms. The molecule has 0 aromatic carbocycles. The SMILES string of the molecule is CCCC1CC(C)CS1. The van der Waals surface area contributed by atoms with E-state index in [9.17, 15) is 0 Å². The van der Waals surface area contributed by atoms with E-state index in [0.29, 0.717) is 0 Å². The van der Waals surface area contributed by atoms with E-state index < -0.39 is 0 Å². The summed E-state index contributed by atoms with van der Waals surface area (Å²) in [4.78, 5) is 0. The molecule has 0 amide bonds. The van der Waals surface area contributed by atoms with Gasteiger partial charge in [0.25, 0.3) is 0 Å². The Morgan fingerprint density at radius 3 is 2.78 bits per heavy atom. The van der Waals surface area contributed by atoms with Crippen LogP contribution in [0, 0.1) is 5.92 Å². The van der Waals surface area contributed by atoms with Gasteiger partial charge in [0, 0.05) is 5.25 Å². The minimum absolute atomic E-state index is 0.992. The molecule has 0 bridgehead atoms. The van der Waals surface area contributed by atoms with Crippen LogP contribution in [0.2, 0.25) is 0 Å². The largest absolute Gasteiger partial charge is 0.158 e. The van der Waals surface area contributed by atoms with Crippen molar-refractivity contribution in [2.24, 2.45) is 5.92 Å². The molecule has 1 heteroatoms. The van der Waals surface area contributed by atoms with Gasteiger partial charge in [0.1, 0.15) is 0 Å². The van der Waals surface area contributed by atoms with Gasteiger partial charge >= 0.3 is 0 Å². The molecule has 0 nitrogen and oxygen atoms in total. The molecule has 1 heterocycles. The first kappa shape index (κ1) is 7.46. The molecule has 0 aliphatic carbocycles. The lowest BCUT2D eigenvalue weighted by atomic mass is 10.1. The molecule has 0 saturated carbocycles. The van der Waals surface area contributed by atoms with E-state index in [4.69, 9.17) is 0 Å². The van der Waals surface area contributed by atoms with Crippen LogP contribution in [-0.2, 0) is 0 Å². The Morgan fingerprint density at radius 2 is 2.33 bits per heavy atom. The predicted molar refractivity (Wildman–Crippen MR) is 44.9 cm³/mol. The highest BCUT2D eigenvalue weighted by molar-refractivity contribution is 8.00. The average Bonchev–Trinajstić information content (AvgIpc) is 2.17. The maximum Gasteiger partial charge on any atom is 0.00498 e. The zero-order chi connectivity index (χ0) is 6.69. The maximum atomic E-state index is 2.36. The zero-order valence-corrected chi connectivity index (χ0v) is 7.21.